The van der Waals surface area contributed by atoms with Gasteiger partial charge in [-0.2, -0.15) is 21.0 Å². The molecule has 0 aromatic carbocycles. The van der Waals surface area contributed by atoms with Crippen LogP contribution in [0, 0.1) is 79.8 Å². The molecule has 0 saturated heterocycles. The number of nitriles is 4. The molecule has 0 N–H and O–H groups in total. The fourth-order valence-electron chi connectivity index (χ4n) is 4.55. The van der Waals surface area contributed by atoms with E-state index in [1.165, 1.54) is 0 Å². The summed E-state index contributed by atoms with van der Waals surface area (Å²) in [5.74, 6) is -0.482. The van der Waals surface area contributed by atoms with Gasteiger partial charge >= 0.3 is 0 Å². The monoisotopic (exact) mass is 260 g/mol. The van der Waals surface area contributed by atoms with Gasteiger partial charge in [0.1, 0.15) is 0 Å². The van der Waals surface area contributed by atoms with Crippen molar-refractivity contribution >= 4 is 0 Å². The molecule has 0 spiro atoms. The number of hydrogen-bond donors (Lipinski definition) is 0. The number of allylic oxidation sites excluding steroid dienone is 4. The Morgan fingerprint density at radius 1 is 0.850 bits per heavy atom. The fraction of sp³-hybridized carbons (Fsp3) is 0.500. The maximum Gasteiger partial charge on any atom is 0.183 e. The summed E-state index contributed by atoms with van der Waals surface area (Å²) in [6.07, 6.45) is 4.03. The van der Waals surface area contributed by atoms with E-state index in [1.54, 1.807) is 0 Å². The summed E-state index contributed by atoms with van der Waals surface area (Å²) in [6, 6.07) is 8.17. The van der Waals surface area contributed by atoms with Crippen LogP contribution in [0.15, 0.2) is 23.3 Å². The van der Waals surface area contributed by atoms with Crippen LogP contribution in [0.3, 0.4) is 0 Å². The Labute approximate surface area is 117 Å². The number of fused-ring (bicyclic) bond motifs is 1. The van der Waals surface area contributed by atoms with Crippen LogP contribution in [-0.2, 0) is 0 Å². The number of nitrogens with zero attached hydrogens (tertiary/aromatic N) is 4. The van der Waals surface area contributed by atoms with Crippen LogP contribution in [0.4, 0.5) is 0 Å². The van der Waals surface area contributed by atoms with E-state index in [0.29, 0.717) is 0 Å². The van der Waals surface area contributed by atoms with Crippen molar-refractivity contribution in [3.63, 3.8) is 0 Å². The molecule has 2 bridgehead atoms. The van der Waals surface area contributed by atoms with Gasteiger partial charge in [-0.25, -0.2) is 0 Å². The first-order chi connectivity index (χ1) is 9.52. The lowest BCUT2D eigenvalue weighted by atomic mass is 9.36. The first-order valence-electron chi connectivity index (χ1n) is 6.54. The lowest BCUT2D eigenvalue weighted by Crippen LogP contribution is -2.63. The first-order valence-corrected chi connectivity index (χ1v) is 6.54. The number of rotatable bonds is 0. The van der Waals surface area contributed by atoms with Gasteiger partial charge in [0.2, 0.25) is 0 Å². The van der Waals surface area contributed by atoms with E-state index in [-0.39, 0.29) is 23.7 Å². The molecule has 0 aromatic rings. The van der Waals surface area contributed by atoms with Crippen molar-refractivity contribution in [2.24, 2.45) is 34.5 Å². The smallest absolute Gasteiger partial charge is 0.183 e. The molecule has 0 radical (unpaired) electrons. The van der Waals surface area contributed by atoms with Gasteiger partial charge in [0, 0.05) is 11.8 Å². The highest BCUT2D eigenvalue weighted by molar-refractivity contribution is 5.52. The Balaban J connectivity index is 2.37. The second kappa shape index (κ2) is 3.50. The van der Waals surface area contributed by atoms with E-state index in [2.05, 4.69) is 6.08 Å². The van der Waals surface area contributed by atoms with Crippen molar-refractivity contribution in [2.45, 2.75) is 13.8 Å². The van der Waals surface area contributed by atoms with E-state index in [4.69, 9.17) is 0 Å². The first kappa shape index (κ1) is 12.5. The van der Waals surface area contributed by atoms with Crippen molar-refractivity contribution in [3.05, 3.63) is 23.3 Å². The zero-order valence-corrected chi connectivity index (χ0v) is 11.3. The predicted octanol–water partition coefficient (Wildman–Crippen LogP) is 2.45. The molecule has 1 saturated carbocycles. The lowest BCUT2D eigenvalue weighted by Gasteiger charge is -2.61. The Morgan fingerprint density at radius 2 is 1.40 bits per heavy atom. The molecule has 1 fully saturated rings. The highest BCUT2D eigenvalue weighted by atomic mass is 14.7. The zero-order valence-electron chi connectivity index (χ0n) is 11.3. The molecule has 4 rings (SSSR count). The van der Waals surface area contributed by atoms with Gasteiger partial charge in [-0.15, -0.1) is 0 Å². The summed E-state index contributed by atoms with van der Waals surface area (Å²) in [5, 5.41) is 38.6. The quantitative estimate of drug-likeness (QED) is 0.625. The molecule has 96 valence electrons. The topological polar surface area (TPSA) is 95.2 Å². The van der Waals surface area contributed by atoms with Gasteiger partial charge in [-0.05, 0) is 25.7 Å². The van der Waals surface area contributed by atoms with Crippen molar-refractivity contribution in [3.8, 4) is 24.3 Å². The summed E-state index contributed by atoms with van der Waals surface area (Å²) in [5.41, 5.74) is -1.02. The third-order valence-corrected chi connectivity index (χ3v) is 5.39. The van der Waals surface area contributed by atoms with Gasteiger partial charge in [0.15, 0.2) is 10.8 Å². The molecule has 4 aliphatic rings. The highest BCUT2D eigenvalue weighted by Gasteiger charge is 2.73. The van der Waals surface area contributed by atoms with Crippen molar-refractivity contribution in [1.29, 1.82) is 21.0 Å². The van der Waals surface area contributed by atoms with Gasteiger partial charge in [0.25, 0.3) is 0 Å². The van der Waals surface area contributed by atoms with Crippen LogP contribution in [0.2, 0.25) is 0 Å². The minimum atomic E-state index is -1.57. The average Bonchev–Trinajstić information content (AvgIpc) is 2.44. The third-order valence-electron chi connectivity index (χ3n) is 5.39. The van der Waals surface area contributed by atoms with Crippen molar-refractivity contribution in [2.75, 3.05) is 0 Å². The van der Waals surface area contributed by atoms with Gasteiger partial charge in [-0.3, -0.25) is 0 Å². The standard InChI is InChI=1S/C16H12N4/c1-9-3-11-13(9)12-4-10(2)14(11)16(7-19,8-20)15(12,5-17)6-18/h3-4,11-14H,1-2H3/t11-,12-,13-,14-/m1/s1. The molecule has 4 heteroatoms. The van der Waals surface area contributed by atoms with E-state index in [0.717, 1.165) is 11.1 Å². The molecule has 4 aliphatic carbocycles. The molecule has 0 amide bonds. The van der Waals surface area contributed by atoms with Crippen molar-refractivity contribution < 1.29 is 0 Å². The molecular formula is C16H12N4. The van der Waals surface area contributed by atoms with Crippen LogP contribution >= 0.6 is 0 Å². The van der Waals surface area contributed by atoms with Gasteiger partial charge < -0.3 is 0 Å². The SMILES string of the molecule is CC1=C[C@@H]2[C@@H]1[C@H]1C=C(C)[C@H]2C(C#N)(C#N)C1(C#N)C#N. The Hall–Kier alpha value is -2.56. The number of hydrogen-bond acceptors (Lipinski definition) is 4. The normalized spacial score (nSPS) is 37.7. The molecular weight excluding hydrogens is 248 g/mol. The van der Waals surface area contributed by atoms with Crippen molar-refractivity contribution in [1.82, 2.24) is 0 Å². The Kier molecular flexibility index (Phi) is 2.19. The maximum absolute atomic E-state index is 9.65. The molecule has 0 heterocycles. The highest BCUT2D eigenvalue weighted by Crippen LogP contribution is 2.69. The van der Waals surface area contributed by atoms with Gasteiger partial charge in [-0.1, -0.05) is 23.3 Å². The largest absolute Gasteiger partial charge is 0.196 e. The van der Waals surface area contributed by atoms with Crippen LogP contribution in [-0.4, -0.2) is 0 Å². The third kappa shape index (κ3) is 0.943. The summed E-state index contributed by atoms with van der Waals surface area (Å²) in [7, 11) is 0. The molecule has 20 heavy (non-hydrogen) atoms. The predicted molar refractivity (Wildman–Crippen MR) is 68.8 cm³/mol. The minimum Gasteiger partial charge on any atom is -0.196 e. The van der Waals surface area contributed by atoms with E-state index in [9.17, 15) is 21.0 Å². The summed E-state index contributed by atoms with van der Waals surface area (Å²) in [4.78, 5) is 0. The van der Waals surface area contributed by atoms with Gasteiger partial charge in [0.05, 0.1) is 24.3 Å². The Bertz CT molecular complexity index is 700. The lowest BCUT2D eigenvalue weighted by molar-refractivity contribution is -0.00608. The summed E-state index contributed by atoms with van der Waals surface area (Å²) < 4.78 is 0. The summed E-state index contributed by atoms with van der Waals surface area (Å²) >= 11 is 0. The van der Waals surface area contributed by atoms with E-state index in [1.807, 2.05) is 44.2 Å². The minimum absolute atomic E-state index is 0.110. The second-order valence-electron chi connectivity index (χ2n) is 5.99. The molecule has 0 aromatic heterocycles. The fourth-order valence-corrected chi connectivity index (χ4v) is 4.55. The average molecular weight is 260 g/mol. The molecule has 4 nitrogen and oxygen atoms in total. The molecule has 0 unspecified atom stereocenters. The van der Waals surface area contributed by atoms with Crippen LogP contribution in [0.5, 0.6) is 0 Å². The molecule has 4 atom stereocenters. The second-order valence-corrected chi connectivity index (χ2v) is 5.99. The molecule has 0 aliphatic heterocycles. The van der Waals surface area contributed by atoms with E-state index >= 15 is 0 Å². The van der Waals surface area contributed by atoms with E-state index < -0.39 is 10.8 Å². The summed E-state index contributed by atoms with van der Waals surface area (Å²) in [6.45, 7) is 3.89. The maximum atomic E-state index is 9.65. The van der Waals surface area contributed by atoms with Crippen LogP contribution in [0.25, 0.3) is 0 Å². The Morgan fingerprint density at radius 3 is 1.85 bits per heavy atom. The zero-order chi connectivity index (χ0) is 14.7. The van der Waals surface area contributed by atoms with Crippen LogP contribution < -0.4 is 0 Å². The van der Waals surface area contributed by atoms with Crippen LogP contribution in [0.1, 0.15) is 13.8 Å².